The van der Waals surface area contributed by atoms with Crippen molar-refractivity contribution in [3.05, 3.63) is 64.1 Å². The van der Waals surface area contributed by atoms with Gasteiger partial charge in [-0.3, -0.25) is 4.57 Å². The van der Waals surface area contributed by atoms with E-state index in [1.807, 2.05) is 6.07 Å². The first-order valence-corrected chi connectivity index (χ1v) is 14.4. The molecule has 5 rings (SSSR count). The smallest absolute Gasteiger partial charge is 0.342 e. The lowest BCUT2D eigenvalue weighted by molar-refractivity contribution is -0.196. The van der Waals surface area contributed by atoms with Gasteiger partial charge < -0.3 is 30.1 Å². The predicted octanol–water partition coefficient (Wildman–Crippen LogP) is 2.87. The summed E-state index contributed by atoms with van der Waals surface area (Å²) in [5.41, 5.74) is -1.58. The maximum Gasteiger partial charge on any atom is 0.342 e. The highest BCUT2D eigenvalue weighted by Gasteiger charge is 2.49. The molecule has 0 bridgehead atoms. The third kappa shape index (κ3) is 5.82. The van der Waals surface area contributed by atoms with Crippen LogP contribution in [0.3, 0.4) is 0 Å². The molecule has 1 aromatic carbocycles. The standard InChI is InChI=1S/C28H29ClN6O6S/c1-3-27(39,24(36)35-15-31-21-22(30-12-18-9-10-18)33-26(29)34-23(21)35)20(40-2)13-41-28(25(37)38,19-14-42-16-32-19)11-17-7-5-4-6-8-17/h1,4-8,14-16,18,20,24,36,39H,9-13H2,2H3,(H,37,38)(H,30,33,34)/t20-,24-,27-,28+/m1/s1. The quantitative estimate of drug-likeness (QED) is 0.122. The largest absolute Gasteiger partial charge is 0.479 e. The summed E-state index contributed by atoms with van der Waals surface area (Å²) in [5.74, 6) is 1.84. The van der Waals surface area contributed by atoms with Crippen LogP contribution < -0.4 is 5.32 Å². The molecule has 0 amide bonds. The number of benzene rings is 1. The van der Waals surface area contributed by atoms with Crippen molar-refractivity contribution in [3.8, 4) is 12.3 Å². The van der Waals surface area contributed by atoms with Crippen molar-refractivity contribution in [2.75, 3.05) is 25.6 Å². The number of fused-ring (bicyclic) bond motifs is 1. The molecule has 14 heteroatoms. The van der Waals surface area contributed by atoms with Crippen molar-refractivity contribution in [3.63, 3.8) is 0 Å². The van der Waals surface area contributed by atoms with Crippen LogP contribution in [-0.2, 0) is 26.3 Å². The van der Waals surface area contributed by atoms with Crippen LogP contribution in [0.15, 0.2) is 47.5 Å². The van der Waals surface area contributed by atoms with Crippen LogP contribution in [0.1, 0.15) is 30.3 Å². The van der Waals surface area contributed by atoms with Gasteiger partial charge in [0.1, 0.15) is 6.10 Å². The lowest BCUT2D eigenvalue weighted by Crippen LogP contribution is -2.53. The third-order valence-electron chi connectivity index (χ3n) is 7.28. The lowest BCUT2D eigenvalue weighted by atomic mass is 9.90. The number of anilines is 1. The SMILES string of the molecule is C#C[C@@](O)([C@@H](CO[C@](Cc1ccccc1)(C(=O)O)c1cscn1)OC)[C@@H](O)n1cnc2c(NCC3CC3)nc(Cl)nc21. The Kier molecular flexibility index (Phi) is 8.74. The first-order valence-electron chi connectivity index (χ1n) is 13.1. The summed E-state index contributed by atoms with van der Waals surface area (Å²) in [6.45, 7) is 0.157. The highest BCUT2D eigenvalue weighted by molar-refractivity contribution is 7.07. The molecule has 1 aliphatic rings. The highest BCUT2D eigenvalue weighted by Crippen LogP contribution is 2.35. The molecular formula is C28H29ClN6O6S. The van der Waals surface area contributed by atoms with Crippen molar-refractivity contribution in [2.24, 2.45) is 5.92 Å². The van der Waals surface area contributed by atoms with Crippen LogP contribution in [-0.4, -0.2) is 77.8 Å². The van der Waals surface area contributed by atoms with Gasteiger partial charge >= 0.3 is 5.97 Å². The van der Waals surface area contributed by atoms with E-state index in [2.05, 4.69) is 31.2 Å². The van der Waals surface area contributed by atoms with Crippen LogP contribution in [0.2, 0.25) is 5.28 Å². The maximum absolute atomic E-state index is 12.8. The Bertz CT molecular complexity index is 1580. The number of thiazole rings is 1. The van der Waals surface area contributed by atoms with E-state index >= 15 is 0 Å². The molecule has 4 aromatic rings. The van der Waals surface area contributed by atoms with E-state index in [1.165, 1.54) is 30.3 Å². The number of hydrogen-bond acceptors (Lipinski definition) is 11. The number of hydrogen-bond donors (Lipinski definition) is 4. The number of carbonyl (C=O) groups is 1. The summed E-state index contributed by atoms with van der Waals surface area (Å²) in [5, 5.41) is 38.2. The molecule has 0 aliphatic heterocycles. The molecule has 4 atom stereocenters. The monoisotopic (exact) mass is 612 g/mol. The Morgan fingerprint density at radius 2 is 2.07 bits per heavy atom. The van der Waals surface area contributed by atoms with Crippen LogP contribution in [0.25, 0.3) is 11.2 Å². The number of nitrogens with zero attached hydrogens (tertiary/aromatic N) is 5. The minimum Gasteiger partial charge on any atom is -0.479 e. The van der Waals surface area contributed by atoms with Gasteiger partial charge in [0, 0.05) is 25.5 Å². The van der Waals surface area contributed by atoms with Gasteiger partial charge in [0.15, 0.2) is 28.8 Å². The van der Waals surface area contributed by atoms with Gasteiger partial charge in [-0.15, -0.1) is 17.8 Å². The fraction of sp³-hybridized carbons (Fsp3) is 0.393. The molecule has 0 radical (unpaired) electrons. The van der Waals surface area contributed by atoms with Crippen molar-refractivity contribution >= 4 is 45.9 Å². The Labute approximate surface area is 250 Å². The molecule has 220 valence electrons. The Morgan fingerprint density at radius 3 is 2.69 bits per heavy atom. The highest BCUT2D eigenvalue weighted by atomic mass is 35.5. The number of nitrogens with one attached hydrogen (secondary N) is 1. The summed E-state index contributed by atoms with van der Waals surface area (Å²) >= 11 is 7.39. The molecule has 1 fully saturated rings. The molecular weight excluding hydrogens is 584 g/mol. The normalized spacial score (nSPS) is 17.6. The van der Waals surface area contributed by atoms with Crippen LogP contribution in [0.5, 0.6) is 0 Å². The molecule has 4 N–H and O–H groups in total. The van der Waals surface area contributed by atoms with E-state index in [0.717, 1.165) is 17.4 Å². The van der Waals surface area contributed by atoms with Gasteiger partial charge in [-0.05, 0) is 35.9 Å². The lowest BCUT2D eigenvalue weighted by Gasteiger charge is -2.37. The van der Waals surface area contributed by atoms with Crippen LogP contribution in [0, 0.1) is 18.3 Å². The summed E-state index contributed by atoms with van der Waals surface area (Å²) < 4.78 is 12.7. The zero-order valence-electron chi connectivity index (χ0n) is 22.6. The molecule has 1 aliphatic carbocycles. The summed E-state index contributed by atoms with van der Waals surface area (Å²) in [4.78, 5) is 29.7. The first kappa shape index (κ1) is 29.8. The second-order valence-electron chi connectivity index (χ2n) is 10.0. The number of aliphatic carboxylic acids is 1. The van der Waals surface area contributed by atoms with E-state index in [9.17, 15) is 20.1 Å². The predicted molar refractivity (Wildman–Crippen MR) is 155 cm³/mol. The van der Waals surface area contributed by atoms with E-state index in [4.69, 9.17) is 27.5 Å². The van der Waals surface area contributed by atoms with Gasteiger partial charge in [-0.2, -0.15) is 9.97 Å². The van der Waals surface area contributed by atoms with Gasteiger partial charge in [0.05, 0.1) is 24.1 Å². The fourth-order valence-corrected chi connectivity index (χ4v) is 5.43. The van der Waals surface area contributed by atoms with Gasteiger partial charge in [0.25, 0.3) is 0 Å². The summed E-state index contributed by atoms with van der Waals surface area (Å²) in [6, 6.07) is 8.93. The molecule has 0 unspecified atom stereocenters. The van der Waals surface area contributed by atoms with Crippen LogP contribution >= 0.6 is 22.9 Å². The van der Waals surface area contributed by atoms with Gasteiger partial charge in [-0.1, -0.05) is 36.3 Å². The first-order chi connectivity index (χ1) is 20.2. The number of halogens is 1. The Hall–Kier alpha value is -3.64. The number of imidazole rings is 1. The number of terminal acetylenes is 1. The zero-order valence-corrected chi connectivity index (χ0v) is 24.1. The summed E-state index contributed by atoms with van der Waals surface area (Å²) in [7, 11) is 1.26. The van der Waals surface area contributed by atoms with Gasteiger partial charge in [-0.25, -0.2) is 14.8 Å². The number of carboxylic acid groups (broad SMARTS) is 1. The molecule has 3 aromatic heterocycles. The van der Waals surface area contributed by atoms with Crippen molar-refractivity contribution in [1.82, 2.24) is 24.5 Å². The topological polar surface area (TPSA) is 165 Å². The number of rotatable bonds is 14. The number of aliphatic hydroxyl groups is 2. The molecule has 1 saturated carbocycles. The number of methoxy groups -OCH3 is 1. The molecule has 0 spiro atoms. The van der Waals surface area contributed by atoms with Gasteiger partial charge in [0.2, 0.25) is 10.9 Å². The number of ether oxygens (including phenoxy) is 2. The minimum absolute atomic E-state index is 0.0708. The summed E-state index contributed by atoms with van der Waals surface area (Å²) in [6.07, 6.45) is 5.94. The molecule has 42 heavy (non-hydrogen) atoms. The minimum atomic E-state index is -2.43. The van der Waals surface area contributed by atoms with E-state index in [0.29, 0.717) is 29.4 Å². The van der Waals surface area contributed by atoms with Crippen LogP contribution in [0.4, 0.5) is 5.82 Å². The molecule has 3 heterocycles. The zero-order chi connectivity index (χ0) is 29.9. The average molecular weight is 613 g/mol. The van der Waals surface area contributed by atoms with Crippen molar-refractivity contribution < 1.29 is 29.6 Å². The second-order valence-corrected chi connectivity index (χ2v) is 11.1. The third-order valence-corrected chi connectivity index (χ3v) is 8.04. The Balaban J connectivity index is 1.45. The average Bonchev–Trinajstić information content (AvgIpc) is 3.46. The number of aromatic nitrogens is 5. The van der Waals surface area contributed by atoms with Crippen molar-refractivity contribution in [2.45, 2.75) is 42.8 Å². The van der Waals surface area contributed by atoms with E-state index in [1.54, 1.807) is 29.6 Å². The Morgan fingerprint density at radius 1 is 1.31 bits per heavy atom. The van der Waals surface area contributed by atoms with E-state index < -0.39 is 36.1 Å². The van der Waals surface area contributed by atoms with Crippen molar-refractivity contribution in [1.29, 1.82) is 0 Å². The molecule has 12 nitrogen and oxygen atoms in total. The van der Waals surface area contributed by atoms with E-state index in [-0.39, 0.29) is 23.0 Å². The maximum atomic E-state index is 12.8. The fourth-order valence-electron chi connectivity index (χ4n) is 4.65. The second kappa shape index (κ2) is 12.3. The molecule has 0 saturated heterocycles. The number of carboxylic acids is 1. The number of aliphatic hydroxyl groups excluding tert-OH is 1.